The topological polar surface area (TPSA) is 138 Å². The highest BCUT2D eigenvalue weighted by atomic mass is 32.2. The van der Waals surface area contributed by atoms with Gasteiger partial charge < -0.3 is 24.3 Å². The quantitative estimate of drug-likeness (QED) is 0.288. The van der Waals surface area contributed by atoms with Gasteiger partial charge in [-0.15, -0.1) is 5.10 Å². The van der Waals surface area contributed by atoms with Crippen LogP contribution >= 0.6 is 0 Å². The standard InChI is InChI=1S/C30H38N4O8S/c1-20(19-39-5)40-25-15-22(28(35)31-27-13-14-33(32-27)29(36)42-30(2,3)4)16-26(17-25)41-24-11-9-23(10-12-24)34(43(6,37)38)18-21-7-8-21/h9-17,20-21H,7-8,18-19H2,1-6H3,(H,31,32,35)/t20-/m0/s1. The summed E-state index contributed by atoms with van der Waals surface area (Å²) in [4.78, 5) is 25.5. The number of aromatic nitrogens is 2. The minimum absolute atomic E-state index is 0.148. The number of methoxy groups -OCH3 is 1. The average molecular weight is 615 g/mol. The lowest BCUT2D eigenvalue weighted by Gasteiger charge is -2.22. The first kappa shape index (κ1) is 31.8. The molecule has 0 saturated heterocycles. The number of carbonyl (C=O) groups excluding carboxylic acids is 2. The first-order valence-corrected chi connectivity index (χ1v) is 15.7. The van der Waals surface area contributed by atoms with Gasteiger partial charge in [0.2, 0.25) is 10.0 Å². The fourth-order valence-corrected chi connectivity index (χ4v) is 5.09. The van der Waals surface area contributed by atoms with Crippen LogP contribution in [0.5, 0.6) is 17.2 Å². The van der Waals surface area contributed by atoms with Crippen molar-refractivity contribution in [1.29, 1.82) is 0 Å². The molecule has 1 atom stereocenters. The van der Waals surface area contributed by atoms with Crippen LogP contribution in [0, 0.1) is 5.92 Å². The van der Waals surface area contributed by atoms with E-state index in [1.165, 1.54) is 28.9 Å². The molecule has 0 spiro atoms. The van der Waals surface area contributed by atoms with E-state index < -0.39 is 27.6 Å². The molecule has 1 heterocycles. The third kappa shape index (κ3) is 9.45. The number of hydrogen-bond donors (Lipinski definition) is 1. The van der Waals surface area contributed by atoms with Crippen molar-refractivity contribution < 1.29 is 37.0 Å². The van der Waals surface area contributed by atoms with Gasteiger partial charge in [0.15, 0.2) is 5.82 Å². The molecule has 1 aliphatic carbocycles. The molecular weight excluding hydrogens is 576 g/mol. The Bertz CT molecular complexity index is 1540. The molecule has 1 amide bonds. The van der Waals surface area contributed by atoms with Crippen LogP contribution in [0.25, 0.3) is 0 Å². The van der Waals surface area contributed by atoms with Gasteiger partial charge in [0.05, 0.1) is 18.6 Å². The first-order valence-electron chi connectivity index (χ1n) is 13.9. The minimum atomic E-state index is -3.43. The molecular formula is C30H38N4O8S. The minimum Gasteiger partial charge on any atom is -0.488 e. The Morgan fingerprint density at radius 2 is 1.74 bits per heavy atom. The second kappa shape index (κ2) is 13.0. The molecule has 0 bridgehead atoms. The fourth-order valence-electron chi connectivity index (χ4n) is 4.10. The zero-order chi connectivity index (χ0) is 31.4. The second-order valence-electron chi connectivity index (χ2n) is 11.5. The van der Waals surface area contributed by atoms with Crippen LogP contribution in [0.3, 0.4) is 0 Å². The molecule has 1 saturated carbocycles. The Hall–Kier alpha value is -4.10. The number of amides is 1. The van der Waals surface area contributed by atoms with E-state index >= 15 is 0 Å². The lowest BCUT2D eigenvalue weighted by molar-refractivity contribution is 0.0514. The number of hydrogen-bond acceptors (Lipinski definition) is 9. The summed E-state index contributed by atoms with van der Waals surface area (Å²) in [7, 11) is -1.87. The van der Waals surface area contributed by atoms with Gasteiger partial charge in [-0.1, -0.05) is 0 Å². The van der Waals surface area contributed by atoms with Crippen molar-refractivity contribution in [3.63, 3.8) is 0 Å². The van der Waals surface area contributed by atoms with Crippen LogP contribution < -0.4 is 19.1 Å². The van der Waals surface area contributed by atoms with E-state index in [-0.39, 0.29) is 17.5 Å². The summed E-state index contributed by atoms with van der Waals surface area (Å²) in [6.07, 6.45) is 3.65. The average Bonchev–Trinajstić information content (AvgIpc) is 3.61. The Kier molecular flexibility index (Phi) is 9.65. The van der Waals surface area contributed by atoms with E-state index in [0.717, 1.165) is 17.5 Å². The van der Waals surface area contributed by atoms with E-state index in [0.29, 0.717) is 42.0 Å². The molecule has 1 fully saturated rings. The van der Waals surface area contributed by atoms with Gasteiger partial charge in [0.25, 0.3) is 5.91 Å². The van der Waals surface area contributed by atoms with E-state index in [4.69, 9.17) is 18.9 Å². The van der Waals surface area contributed by atoms with Crippen LogP contribution in [0.1, 0.15) is 50.9 Å². The normalized spacial score (nSPS) is 14.1. The summed E-state index contributed by atoms with van der Waals surface area (Å²) in [5.41, 5.74) is 0.0686. The fraction of sp³-hybridized carbons (Fsp3) is 0.433. The zero-order valence-corrected chi connectivity index (χ0v) is 26.0. The van der Waals surface area contributed by atoms with E-state index in [9.17, 15) is 18.0 Å². The number of sulfonamides is 1. The molecule has 1 aliphatic rings. The van der Waals surface area contributed by atoms with E-state index in [2.05, 4.69) is 10.4 Å². The number of nitrogens with zero attached hydrogens (tertiary/aromatic N) is 3. The van der Waals surface area contributed by atoms with E-state index in [1.54, 1.807) is 64.3 Å². The highest BCUT2D eigenvalue weighted by Crippen LogP contribution is 2.34. The summed E-state index contributed by atoms with van der Waals surface area (Å²) in [5, 5.41) is 6.76. The van der Waals surface area contributed by atoms with Gasteiger partial charge in [0, 0.05) is 37.5 Å². The molecule has 0 aliphatic heterocycles. The lowest BCUT2D eigenvalue weighted by atomic mass is 10.2. The molecule has 43 heavy (non-hydrogen) atoms. The molecule has 1 N–H and O–H groups in total. The first-order chi connectivity index (χ1) is 20.2. The van der Waals surface area contributed by atoms with Crippen LogP contribution in [0.4, 0.5) is 16.3 Å². The second-order valence-corrected chi connectivity index (χ2v) is 13.4. The van der Waals surface area contributed by atoms with Crippen molar-refractivity contribution in [2.24, 2.45) is 5.92 Å². The van der Waals surface area contributed by atoms with Gasteiger partial charge >= 0.3 is 6.09 Å². The molecule has 0 unspecified atom stereocenters. The van der Waals surface area contributed by atoms with Crippen LogP contribution in [-0.4, -0.2) is 68.4 Å². The van der Waals surface area contributed by atoms with Gasteiger partial charge in [-0.25, -0.2) is 13.2 Å². The van der Waals surface area contributed by atoms with Crippen molar-refractivity contribution in [3.05, 3.63) is 60.3 Å². The summed E-state index contributed by atoms with van der Waals surface area (Å²) >= 11 is 0. The SMILES string of the molecule is COC[C@H](C)Oc1cc(Oc2ccc(N(CC3CC3)S(C)(=O)=O)cc2)cc(C(=O)Nc2ccn(C(=O)OC(C)(C)C)n2)c1. The Balaban J connectivity index is 1.54. The maximum Gasteiger partial charge on any atom is 0.435 e. The van der Waals surface area contributed by atoms with Gasteiger partial charge in [-0.05, 0) is 82.9 Å². The van der Waals surface area contributed by atoms with Gasteiger partial charge in [-0.3, -0.25) is 9.10 Å². The Labute approximate surface area is 251 Å². The number of rotatable bonds is 12. The Morgan fingerprint density at radius 1 is 1.07 bits per heavy atom. The van der Waals surface area contributed by atoms with Crippen LogP contribution in [0.2, 0.25) is 0 Å². The van der Waals surface area contributed by atoms with Gasteiger partial charge in [-0.2, -0.15) is 4.68 Å². The number of anilines is 2. The van der Waals surface area contributed by atoms with Crippen LogP contribution in [-0.2, 0) is 19.5 Å². The number of ether oxygens (including phenoxy) is 4. The number of nitrogens with one attached hydrogen (secondary N) is 1. The molecule has 232 valence electrons. The third-order valence-corrected chi connectivity index (χ3v) is 7.33. The zero-order valence-electron chi connectivity index (χ0n) is 25.2. The highest BCUT2D eigenvalue weighted by Gasteiger charge is 2.29. The molecule has 4 rings (SSSR count). The molecule has 0 radical (unpaired) electrons. The maximum atomic E-state index is 13.2. The van der Waals surface area contributed by atoms with Crippen molar-refractivity contribution >= 4 is 33.5 Å². The highest BCUT2D eigenvalue weighted by molar-refractivity contribution is 7.92. The number of carbonyl (C=O) groups is 2. The molecule has 2 aromatic carbocycles. The third-order valence-electron chi connectivity index (χ3n) is 6.17. The van der Waals surface area contributed by atoms with Crippen molar-refractivity contribution in [2.45, 2.75) is 52.2 Å². The predicted molar refractivity (Wildman–Crippen MR) is 162 cm³/mol. The Morgan fingerprint density at radius 3 is 2.35 bits per heavy atom. The maximum absolute atomic E-state index is 13.2. The molecule has 12 nitrogen and oxygen atoms in total. The van der Waals surface area contributed by atoms with Gasteiger partial charge in [0.1, 0.15) is 29.0 Å². The monoisotopic (exact) mass is 614 g/mol. The number of benzene rings is 2. The summed E-state index contributed by atoms with van der Waals surface area (Å²) in [6.45, 7) is 7.84. The largest absolute Gasteiger partial charge is 0.488 e. The van der Waals surface area contributed by atoms with E-state index in [1.807, 2.05) is 6.92 Å². The van der Waals surface area contributed by atoms with Crippen LogP contribution in [0.15, 0.2) is 54.7 Å². The summed E-state index contributed by atoms with van der Waals surface area (Å²) in [5.74, 6) is 1.14. The predicted octanol–water partition coefficient (Wildman–Crippen LogP) is 5.30. The lowest BCUT2D eigenvalue weighted by Crippen LogP contribution is -2.31. The van der Waals surface area contributed by atoms with Crippen molar-refractivity contribution in [3.8, 4) is 17.2 Å². The van der Waals surface area contributed by atoms with Crippen molar-refractivity contribution in [1.82, 2.24) is 9.78 Å². The molecule has 13 heteroatoms. The molecule has 3 aromatic rings. The van der Waals surface area contributed by atoms with Crippen molar-refractivity contribution in [2.75, 3.05) is 36.1 Å². The summed E-state index contributed by atoms with van der Waals surface area (Å²) < 4.78 is 49.6. The molecule has 1 aromatic heterocycles. The smallest absolute Gasteiger partial charge is 0.435 e. The summed E-state index contributed by atoms with van der Waals surface area (Å²) in [6, 6.07) is 12.9.